The minimum absolute atomic E-state index is 0.0704. The molecule has 0 aliphatic carbocycles. The monoisotopic (exact) mass is 243 g/mol. The number of carbonyl (C=O) groups is 1. The topological polar surface area (TPSA) is 47.3 Å². The zero-order valence-electron chi connectivity index (χ0n) is 10.5. The first-order valence-corrected chi connectivity index (χ1v) is 6.20. The molecule has 1 atom stereocenters. The molecular formula is C14H17N3O. The van der Waals surface area contributed by atoms with Gasteiger partial charge in [-0.05, 0) is 19.1 Å². The summed E-state index contributed by atoms with van der Waals surface area (Å²) >= 11 is 0. The van der Waals surface area contributed by atoms with Gasteiger partial charge in [-0.1, -0.05) is 18.2 Å². The van der Waals surface area contributed by atoms with Crippen molar-refractivity contribution in [2.45, 2.75) is 13.0 Å². The van der Waals surface area contributed by atoms with Crippen LogP contribution in [0.15, 0.2) is 30.3 Å². The van der Waals surface area contributed by atoms with Gasteiger partial charge in [0.05, 0.1) is 12.1 Å². The molecule has 1 aromatic rings. The molecule has 94 valence electrons. The van der Waals surface area contributed by atoms with E-state index < -0.39 is 0 Å². The average molecular weight is 243 g/mol. The Morgan fingerprint density at radius 2 is 1.83 bits per heavy atom. The number of piperazine rings is 1. The molecule has 1 aromatic carbocycles. The average Bonchev–Trinajstić information content (AvgIpc) is 2.47. The highest BCUT2D eigenvalue weighted by Crippen LogP contribution is 2.10. The molecule has 4 nitrogen and oxygen atoms in total. The Morgan fingerprint density at radius 1 is 1.22 bits per heavy atom. The lowest BCUT2D eigenvalue weighted by Crippen LogP contribution is -2.51. The van der Waals surface area contributed by atoms with Gasteiger partial charge in [0.1, 0.15) is 0 Å². The molecule has 2 rings (SSSR count). The molecule has 4 heteroatoms. The van der Waals surface area contributed by atoms with E-state index in [0.29, 0.717) is 13.1 Å². The predicted octanol–water partition coefficient (Wildman–Crippen LogP) is 1.36. The van der Waals surface area contributed by atoms with Crippen LogP contribution < -0.4 is 0 Å². The second kappa shape index (κ2) is 5.65. The lowest BCUT2D eigenvalue weighted by Gasteiger charge is -2.35. The third kappa shape index (κ3) is 2.69. The highest BCUT2D eigenvalue weighted by atomic mass is 16.2. The van der Waals surface area contributed by atoms with E-state index in [1.165, 1.54) is 0 Å². The van der Waals surface area contributed by atoms with Crippen LogP contribution in [0.2, 0.25) is 0 Å². The molecular weight excluding hydrogens is 226 g/mol. The number of nitrogens with zero attached hydrogens (tertiary/aromatic N) is 3. The summed E-state index contributed by atoms with van der Waals surface area (Å²) in [6, 6.07) is 11.5. The molecule has 0 saturated carbocycles. The quantitative estimate of drug-likeness (QED) is 0.788. The molecule has 18 heavy (non-hydrogen) atoms. The van der Waals surface area contributed by atoms with Gasteiger partial charge in [-0.3, -0.25) is 9.69 Å². The zero-order valence-corrected chi connectivity index (χ0v) is 10.5. The summed E-state index contributed by atoms with van der Waals surface area (Å²) in [4.78, 5) is 16.2. The van der Waals surface area contributed by atoms with Crippen LogP contribution in [-0.4, -0.2) is 47.9 Å². The first-order valence-electron chi connectivity index (χ1n) is 6.20. The van der Waals surface area contributed by atoms with Gasteiger partial charge in [-0.15, -0.1) is 0 Å². The minimum atomic E-state index is -0.0704. The lowest BCUT2D eigenvalue weighted by atomic mass is 10.1. The van der Waals surface area contributed by atoms with Crippen molar-refractivity contribution in [3.8, 4) is 6.07 Å². The maximum absolute atomic E-state index is 12.2. The van der Waals surface area contributed by atoms with Gasteiger partial charge in [0, 0.05) is 31.7 Å². The molecule has 0 spiro atoms. The predicted molar refractivity (Wildman–Crippen MR) is 69.0 cm³/mol. The SMILES string of the molecule is CC(C#N)N1CCN(C(=O)c2ccccc2)CC1. The van der Waals surface area contributed by atoms with E-state index in [1.54, 1.807) is 0 Å². The lowest BCUT2D eigenvalue weighted by molar-refractivity contribution is 0.0615. The van der Waals surface area contributed by atoms with Crippen LogP contribution in [0.25, 0.3) is 0 Å². The summed E-state index contributed by atoms with van der Waals surface area (Å²) in [5, 5.41) is 8.87. The van der Waals surface area contributed by atoms with E-state index in [0.717, 1.165) is 18.7 Å². The molecule has 0 radical (unpaired) electrons. The Balaban J connectivity index is 1.95. The maximum Gasteiger partial charge on any atom is 0.253 e. The summed E-state index contributed by atoms with van der Waals surface area (Å²) in [5.74, 6) is 0.0832. The molecule has 1 heterocycles. The molecule has 1 aliphatic rings. The smallest absolute Gasteiger partial charge is 0.253 e. The number of rotatable bonds is 2. The van der Waals surface area contributed by atoms with Crippen molar-refractivity contribution in [3.63, 3.8) is 0 Å². The third-order valence-electron chi connectivity index (χ3n) is 3.36. The van der Waals surface area contributed by atoms with Crippen LogP contribution >= 0.6 is 0 Å². The first-order chi connectivity index (χ1) is 8.72. The molecule has 1 amide bonds. The largest absolute Gasteiger partial charge is 0.336 e. The van der Waals surface area contributed by atoms with Crippen molar-refractivity contribution in [3.05, 3.63) is 35.9 Å². The normalized spacial score (nSPS) is 18.1. The molecule has 0 N–H and O–H groups in total. The third-order valence-corrected chi connectivity index (χ3v) is 3.36. The van der Waals surface area contributed by atoms with Crippen molar-refractivity contribution >= 4 is 5.91 Å². The van der Waals surface area contributed by atoms with Gasteiger partial charge in [-0.25, -0.2) is 0 Å². The Morgan fingerprint density at radius 3 is 2.39 bits per heavy atom. The van der Waals surface area contributed by atoms with Crippen LogP contribution in [0.4, 0.5) is 0 Å². The standard InChI is InChI=1S/C14H17N3O/c1-12(11-15)16-7-9-17(10-8-16)14(18)13-5-3-2-4-6-13/h2-6,12H,7-10H2,1H3. The Bertz CT molecular complexity index is 444. The fourth-order valence-electron chi connectivity index (χ4n) is 2.16. The number of benzene rings is 1. The van der Waals surface area contributed by atoms with Crippen LogP contribution in [0.3, 0.4) is 0 Å². The van der Waals surface area contributed by atoms with E-state index in [-0.39, 0.29) is 11.9 Å². The Kier molecular flexibility index (Phi) is 3.96. The molecule has 0 aromatic heterocycles. The number of amides is 1. The van der Waals surface area contributed by atoms with Gasteiger partial charge < -0.3 is 4.90 Å². The number of hydrogen-bond acceptors (Lipinski definition) is 3. The van der Waals surface area contributed by atoms with E-state index in [1.807, 2.05) is 42.2 Å². The van der Waals surface area contributed by atoms with Crippen molar-refractivity contribution in [1.29, 1.82) is 5.26 Å². The zero-order chi connectivity index (χ0) is 13.0. The van der Waals surface area contributed by atoms with Gasteiger partial charge in [0.2, 0.25) is 0 Å². The molecule has 1 saturated heterocycles. The van der Waals surface area contributed by atoms with E-state index in [2.05, 4.69) is 11.0 Å². The summed E-state index contributed by atoms with van der Waals surface area (Å²) in [6.07, 6.45) is 0. The molecule has 1 aliphatic heterocycles. The highest BCUT2D eigenvalue weighted by Gasteiger charge is 2.24. The highest BCUT2D eigenvalue weighted by molar-refractivity contribution is 5.94. The maximum atomic E-state index is 12.2. The van der Waals surface area contributed by atoms with E-state index >= 15 is 0 Å². The van der Waals surface area contributed by atoms with Crippen molar-refractivity contribution in [1.82, 2.24) is 9.80 Å². The second-order valence-electron chi connectivity index (χ2n) is 4.50. The van der Waals surface area contributed by atoms with Crippen molar-refractivity contribution in [2.75, 3.05) is 26.2 Å². The second-order valence-corrected chi connectivity index (χ2v) is 4.50. The fraction of sp³-hybridized carbons (Fsp3) is 0.429. The summed E-state index contributed by atoms with van der Waals surface area (Å²) in [5.41, 5.74) is 0.735. The van der Waals surface area contributed by atoms with Crippen LogP contribution in [0.1, 0.15) is 17.3 Å². The summed E-state index contributed by atoms with van der Waals surface area (Å²) < 4.78 is 0. The van der Waals surface area contributed by atoms with Gasteiger partial charge in [0.25, 0.3) is 5.91 Å². The minimum Gasteiger partial charge on any atom is -0.336 e. The van der Waals surface area contributed by atoms with Gasteiger partial charge in [-0.2, -0.15) is 5.26 Å². The Labute approximate surface area is 107 Å². The first kappa shape index (κ1) is 12.6. The van der Waals surface area contributed by atoms with Crippen molar-refractivity contribution < 1.29 is 4.79 Å². The molecule has 0 bridgehead atoms. The van der Waals surface area contributed by atoms with Gasteiger partial charge in [0.15, 0.2) is 0 Å². The molecule has 1 unspecified atom stereocenters. The van der Waals surface area contributed by atoms with Crippen LogP contribution in [0.5, 0.6) is 0 Å². The fourth-order valence-corrected chi connectivity index (χ4v) is 2.16. The number of carbonyl (C=O) groups excluding carboxylic acids is 1. The summed E-state index contributed by atoms with van der Waals surface area (Å²) in [6.45, 7) is 4.83. The Hall–Kier alpha value is -1.86. The molecule has 1 fully saturated rings. The van der Waals surface area contributed by atoms with Gasteiger partial charge >= 0.3 is 0 Å². The number of hydrogen-bond donors (Lipinski definition) is 0. The number of nitriles is 1. The van der Waals surface area contributed by atoms with Crippen molar-refractivity contribution in [2.24, 2.45) is 0 Å². The van der Waals surface area contributed by atoms with Crippen LogP contribution in [-0.2, 0) is 0 Å². The van der Waals surface area contributed by atoms with E-state index in [4.69, 9.17) is 5.26 Å². The van der Waals surface area contributed by atoms with E-state index in [9.17, 15) is 4.79 Å². The summed E-state index contributed by atoms with van der Waals surface area (Å²) in [7, 11) is 0. The van der Waals surface area contributed by atoms with Crippen LogP contribution in [0, 0.1) is 11.3 Å².